The van der Waals surface area contributed by atoms with Crippen LogP contribution in [0.5, 0.6) is 0 Å². The Morgan fingerprint density at radius 1 is 0.667 bits per heavy atom. The Hall–Kier alpha value is -0.0400. The highest BCUT2D eigenvalue weighted by Gasteiger charge is 2.44. The fourth-order valence-corrected chi connectivity index (χ4v) is 4.05. The Bertz CT molecular complexity index is 208. The van der Waals surface area contributed by atoms with Crippen molar-refractivity contribution in [2.24, 2.45) is 10.8 Å². The van der Waals surface area contributed by atoms with E-state index in [-0.39, 0.29) is 6.61 Å². The first-order valence-electron chi connectivity index (χ1n) is 8.19. The molecule has 18 heavy (non-hydrogen) atoms. The first-order chi connectivity index (χ1) is 8.58. The molecule has 0 atom stereocenters. The van der Waals surface area contributed by atoms with Gasteiger partial charge in [-0.05, 0) is 43.4 Å². The summed E-state index contributed by atoms with van der Waals surface area (Å²) >= 11 is 0. The minimum Gasteiger partial charge on any atom is -0.397 e. The van der Waals surface area contributed by atoms with Crippen molar-refractivity contribution in [3.63, 3.8) is 0 Å². The van der Waals surface area contributed by atoms with Crippen LogP contribution in [0.1, 0.15) is 91.4 Å². The summed E-state index contributed by atoms with van der Waals surface area (Å²) < 4.78 is 0. The molecule has 2 rings (SSSR count). The average molecular weight is 254 g/mol. The van der Waals surface area contributed by atoms with E-state index in [2.05, 4.69) is 13.8 Å². The minimum absolute atomic E-state index is 0.250. The van der Waals surface area contributed by atoms with Crippen molar-refractivity contribution in [3.8, 4) is 0 Å². The molecule has 0 spiro atoms. The van der Waals surface area contributed by atoms with Gasteiger partial charge in [0.25, 0.3) is 0 Å². The van der Waals surface area contributed by atoms with Crippen LogP contribution in [0.25, 0.3) is 0 Å². The Morgan fingerprint density at radius 3 is 1.17 bits per heavy atom. The summed E-state index contributed by atoms with van der Waals surface area (Å²) in [5, 5.41) is 7.57. The lowest BCUT2D eigenvalue weighted by molar-refractivity contribution is 0.0142. The van der Waals surface area contributed by atoms with E-state index in [0.29, 0.717) is 10.8 Å². The normalized spacial score (nSPS) is 26.7. The van der Waals surface area contributed by atoms with Crippen LogP contribution in [0.15, 0.2) is 0 Å². The SMILES string of the molecule is CC1(C2(C)CCCCC2)CCCCCC1.CCO. The van der Waals surface area contributed by atoms with Gasteiger partial charge in [0.2, 0.25) is 0 Å². The second-order valence-electron chi connectivity index (χ2n) is 6.91. The maximum absolute atomic E-state index is 7.57. The van der Waals surface area contributed by atoms with Crippen molar-refractivity contribution >= 4 is 0 Å². The number of hydrogen-bond acceptors (Lipinski definition) is 1. The lowest BCUT2D eigenvalue weighted by Gasteiger charge is -2.49. The van der Waals surface area contributed by atoms with Crippen molar-refractivity contribution in [3.05, 3.63) is 0 Å². The molecule has 0 saturated heterocycles. The number of aliphatic hydroxyl groups excluding tert-OH is 1. The summed E-state index contributed by atoms with van der Waals surface area (Å²) in [6.07, 6.45) is 16.5. The van der Waals surface area contributed by atoms with Crippen LogP contribution in [-0.4, -0.2) is 11.7 Å². The van der Waals surface area contributed by atoms with Crippen LogP contribution in [0, 0.1) is 10.8 Å². The van der Waals surface area contributed by atoms with Gasteiger partial charge >= 0.3 is 0 Å². The summed E-state index contributed by atoms with van der Waals surface area (Å²) in [5.74, 6) is 0. The third-order valence-electron chi connectivity index (χ3n) is 5.62. The summed E-state index contributed by atoms with van der Waals surface area (Å²) in [4.78, 5) is 0. The topological polar surface area (TPSA) is 20.2 Å². The average Bonchev–Trinajstić information content (AvgIpc) is 2.57. The zero-order valence-corrected chi connectivity index (χ0v) is 12.9. The first kappa shape index (κ1) is 16.0. The van der Waals surface area contributed by atoms with Gasteiger partial charge < -0.3 is 5.11 Å². The molecule has 0 aliphatic heterocycles. The molecule has 0 aromatic heterocycles. The third-order valence-corrected chi connectivity index (χ3v) is 5.62. The van der Waals surface area contributed by atoms with Crippen LogP contribution >= 0.6 is 0 Å². The first-order valence-corrected chi connectivity index (χ1v) is 8.19. The lowest BCUT2D eigenvalue weighted by Crippen LogP contribution is -2.38. The van der Waals surface area contributed by atoms with Gasteiger partial charge in [-0.1, -0.05) is 58.8 Å². The minimum atomic E-state index is 0.250. The number of hydrogen-bond donors (Lipinski definition) is 1. The Balaban J connectivity index is 0.000000492. The Labute approximate surface area is 114 Å². The van der Waals surface area contributed by atoms with Crippen LogP contribution in [0.4, 0.5) is 0 Å². The molecule has 2 fully saturated rings. The highest BCUT2D eigenvalue weighted by atomic mass is 16.2. The highest BCUT2D eigenvalue weighted by Crippen LogP contribution is 2.55. The summed E-state index contributed by atoms with van der Waals surface area (Å²) in [7, 11) is 0. The van der Waals surface area contributed by atoms with E-state index in [1.54, 1.807) is 6.92 Å². The van der Waals surface area contributed by atoms with Crippen molar-refractivity contribution in [2.45, 2.75) is 91.4 Å². The maximum atomic E-state index is 7.57. The number of aliphatic hydroxyl groups is 1. The fraction of sp³-hybridized carbons (Fsp3) is 1.00. The molecule has 1 N–H and O–H groups in total. The third kappa shape index (κ3) is 3.98. The molecule has 1 nitrogen and oxygen atoms in total. The van der Waals surface area contributed by atoms with E-state index in [1.165, 1.54) is 70.6 Å². The van der Waals surface area contributed by atoms with E-state index in [9.17, 15) is 0 Å². The van der Waals surface area contributed by atoms with Crippen molar-refractivity contribution in [1.29, 1.82) is 0 Å². The molecule has 2 aliphatic carbocycles. The van der Waals surface area contributed by atoms with E-state index in [4.69, 9.17) is 5.11 Å². The fourth-order valence-electron chi connectivity index (χ4n) is 4.05. The standard InChI is InChI=1S/C15H28.C2H6O/c1-14(10-6-3-4-7-11-14)15(2)12-8-5-9-13-15;1-2-3/h3-13H2,1-2H3;3H,2H2,1H3. The van der Waals surface area contributed by atoms with Gasteiger partial charge in [-0.15, -0.1) is 0 Å². The van der Waals surface area contributed by atoms with Gasteiger partial charge in [0.05, 0.1) is 0 Å². The largest absolute Gasteiger partial charge is 0.397 e. The monoisotopic (exact) mass is 254 g/mol. The van der Waals surface area contributed by atoms with Crippen LogP contribution < -0.4 is 0 Å². The van der Waals surface area contributed by atoms with Crippen molar-refractivity contribution in [2.75, 3.05) is 6.61 Å². The van der Waals surface area contributed by atoms with E-state index >= 15 is 0 Å². The van der Waals surface area contributed by atoms with Crippen LogP contribution in [-0.2, 0) is 0 Å². The van der Waals surface area contributed by atoms with E-state index in [0.717, 1.165) is 0 Å². The van der Waals surface area contributed by atoms with Crippen LogP contribution in [0.2, 0.25) is 0 Å². The van der Waals surface area contributed by atoms with E-state index in [1.807, 2.05) is 0 Å². The number of rotatable bonds is 1. The predicted molar refractivity (Wildman–Crippen MR) is 79.8 cm³/mol. The molecule has 1 heteroatoms. The van der Waals surface area contributed by atoms with Gasteiger partial charge in [-0.3, -0.25) is 0 Å². The zero-order chi connectivity index (χ0) is 13.5. The molecule has 2 aliphatic rings. The summed E-state index contributed by atoms with van der Waals surface area (Å²) in [5.41, 5.74) is 1.35. The zero-order valence-electron chi connectivity index (χ0n) is 12.9. The quantitative estimate of drug-likeness (QED) is 0.628. The van der Waals surface area contributed by atoms with Gasteiger partial charge in [0, 0.05) is 6.61 Å². The Kier molecular flexibility index (Phi) is 6.70. The highest BCUT2D eigenvalue weighted by molar-refractivity contribution is 4.94. The summed E-state index contributed by atoms with van der Waals surface area (Å²) in [6.45, 7) is 7.13. The molecule has 0 amide bonds. The second-order valence-corrected chi connectivity index (χ2v) is 6.91. The smallest absolute Gasteiger partial charge is 0.0402 e. The maximum Gasteiger partial charge on any atom is 0.0402 e. The van der Waals surface area contributed by atoms with Gasteiger partial charge in [0.1, 0.15) is 0 Å². The summed E-state index contributed by atoms with van der Waals surface area (Å²) in [6, 6.07) is 0. The van der Waals surface area contributed by atoms with Crippen molar-refractivity contribution < 1.29 is 5.11 Å². The molecular weight excluding hydrogens is 220 g/mol. The molecule has 0 heterocycles. The molecule has 2 saturated carbocycles. The van der Waals surface area contributed by atoms with Gasteiger partial charge in [-0.25, -0.2) is 0 Å². The molecule has 0 unspecified atom stereocenters. The molecule has 0 bridgehead atoms. The molecule has 0 radical (unpaired) electrons. The molecule has 0 aromatic carbocycles. The predicted octanol–water partition coefficient (Wildman–Crippen LogP) is 5.32. The second kappa shape index (κ2) is 7.53. The lowest BCUT2D eigenvalue weighted by atomic mass is 9.56. The Morgan fingerprint density at radius 2 is 0.889 bits per heavy atom. The van der Waals surface area contributed by atoms with Crippen LogP contribution in [0.3, 0.4) is 0 Å². The van der Waals surface area contributed by atoms with Gasteiger partial charge in [-0.2, -0.15) is 0 Å². The molecule has 108 valence electrons. The molecular formula is C17H34O. The van der Waals surface area contributed by atoms with E-state index < -0.39 is 0 Å². The molecule has 0 aromatic rings. The van der Waals surface area contributed by atoms with Gasteiger partial charge in [0.15, 0.2) is 0 Å². The van der Waals surface area contributed by atoms with Crippen molar-refractivity contribution in [1.82, 2.24) is 0 Å².